The van der Waals surface area contributed by atoms with Crippen LogP contribution in [0.3, 0.4) is 0 Å². The molecule has 3 aromatic rings. The van der Waals surface area contributed by atoms with Gasteiger partial charge in [0, 0.05) is 18.7 Å². The summed E-state index contributed by atoms with van der Waals surface area (Å²) in [6, 6.07) is 11.6. The Hall–Kier alpha value is -3.35. The molecule has 2 aromatic heterocycles. The van der Waals surface area contributed by atoms with Crippen LogP contribution in [0.4, 0.5) is 0 Å². The third-order valence-corrected chi connectivity index (χ3v) is 5.32. The van der Waals surface area contributed by atoms with Gasteiger partial charge in [-0.15, -0.1) is 0 Å². The summed E-state index contributed by atoms with van der Waals surface area (Å²) in [7, 11) is 0. The van der Waals surface area contributed by atoms with Gasteiger partial charge in [0.05, 0.1) is 24.2 Å². The normalized spacial score (nSPS) is 15.0. The highest BCUT2D eigenvalue weighted by Crippen LogP contribution is 2.29. The SMILES string of the molecule is Cc1c(C(=O)O)cnn1C1CCN(C(=O)c2occc2-c2ccccc2)CC1. The average molecular weight is 379 g/mol. The number of likely N-dealkylation sites (tertiary alicyclic amines) is 1. The first-order valence-electron chi connectivity index (χ1n) is 9.26. The monoisotopic (exact) mass is 379 g/mol. The Morgan fingerprint density at radius 1 is 1.14 bits per heavy atom. The Morgan fingerprint density at radius 3 is 2.50 bits per heavy atom. The molecular formula is C21H21N3O4. The number of carbonyl (C=O) groups is 2. The van der Waals surface area contributed by atoms with E-state index in [1.807, 2.05) is 36.4 Å². The maximum Gasteiger partial charge on any atom is 0.339 e. The maximum atomic E-state index is 13.0. The molecule has 1 aromatic carbocycles. The molecule has 144 valence electrons. The molecule has 7 nitrogen and oxygen atoms in total. The first-order valence-corrected chi connectivity index (χ1v) is 9.26. The Balaban J connectivity index is 1.47. The van der Waals surface area contributed by atoms with E-state index in [0.29, 0.717) is 37.4 Å². The van der Waals surface area contributed by atoms with E-state index in [1.54, 1.807) is 22.8 Å². The summed E-state index contributed by atoms with van der Waals surface area (Å²) in [6.07, 6.45) is 4.37. The zero-order valence-corrected chi connectivity index (χ0v) is 15.5. The number of nitrogens with zero attached hydrogens (tertiary/aromatic N) is 3. The minimum atomic E-state index is -0.970. The van der Waals surface area contributed by atoms with Crippen LogP contribution < -0.4 is 0 Å². The molecule has 0 saturated carbocycles. The largest absolute Gasteiger partial charge is 0.478 e. The van der Waals surface area contributed by atoms with E-state index in [0.717, 1.165) is 11.1 Å². The number of rotatable bonds is 4. The van der Waals surface area contributed by atoms with Crippen LogP contribution in [0.15, 0.2) is 53.3 Å². The molecule has 1 N–H and O–H groups in total. The number of hydrogen-bond donors (Lipinski definition) is 1. The van der Waals surface area contributed by atoms with Crippen molar-refractivity contribution in [1.29, 1.82) is 0 Å². The number of furan rings is 1. The van der Waals surface area contributed by atoms with Gasteiger partial charge in [0.25, 0.3) is 5.91 Å². The topological polar surface area (TPSA) is 88.6 Å². The van der Waals surface area contributed by atoms with Gasteiger partial charge >= 0.3 is 5.97 Å². The van der Waals surface area contributed by atoms with Crippen molar-refractivity contribution in [3.05, 3.63) is 65.9 Å². The Kier molecular flexibility index (Phi) is 4.73. The van der Waals surface area contributed by atoms with Crippen molar-refractivity contribution < 1.29 is 19.1 Å². The van der Waals surface area contributed by atoms with Crippen LogP contribution in [0.25, 0.3) is 11.1 Å². The first-order chi connectivity index (χ1) is 13.6. The van der Waals surface area contributed by atoms with Gasteiger partial charge in [0.1, 0.15) is 5.56 Å². The lowest BCUT2D eigenvalue weighted by Crippen LogP contribution is -2.39. The fourth-order valence-corrected chi connectivity index (χ4v) is 3.78. The lowest BCUT2D eigenvalue weighted by Gasteiger charge is -2.32. The number of carboxylic acids is 1. The molecule has 0 aliphatic carbocycles. The summed E-state index contributed by atoms with van der Waals surface area (Å²) < 4.78 is 7.29. The highest BCUT2D eigenvalue weighted by Gasteiger charge is 2.29. The molecule has 0 spiro atoms. The van der Waals surface area contributed by atoms with E-state index in [9.17, 15) is 14.7 Å². The van der Waals surface area contributed by atoms with Gasteiger partial charge in [-0.3, -0.25) is 9.48 Å². The van der Waals surface area contributed by atoms with Crippen LogP contribution in [-0.4, -0.2) is 44.8 Å². The molecule has 1 amide bonds. The van der Waals surface area contributed by atoms with Crippen molar-refractivity contribution in [2.24, 2.45) is 0 Å². The van der Waals surface area contributed by atoms with Crippen molar-refractivity contribution >= 4 is 11.9 Å². The van der Waals surface area contributed by atoms with Gasteiger partial charge in [-0.2, -0.15) is 5.10 Å². The number of piperidine rings is 1. The van der Waals surface area contributed by atoms with E-state index >= 15 is 0 Å². The van der Waals surface area contributed by atoms with Crippen LogP contribution in [0, 0.1) is 6.92 Å². The standard InChI is InChI=1S/C21H21N3O4/c1-14-18(21(26)27)13-22-24(14)16-7-10-23(11-8-16)20(25)19-17(9-12-28-19)15-5-3-2-4-6-15/h2-6,9,12-13,16H,7-8,10-11H2,1H3,(H,26,27). The molecule has 1 aliphatic heterocycles. The highest BCUT2D eigenvalue weighted by atomic mass is 16.4. The lowest BCUT2D eigenvalue weighted by atomic mass is 10.0. The number of aromatic carboxylic acids is 1. The molecule has 0 radical (unpaired) electrons. The van der Waals surface area contributed by atoms with E-state index in [4.69, 9.17) is 4.42 Å². The molecule has 0 unspecified atom stereocenters. The fraction of sp³-hybridized carbons (Fsp3) is 0.286. The number of carboxylic acid groups (broad SMARTS) is 1. The van der Waals surface area contributed by atoms with Gasteiger partial charge in [-0.05, 0) is 31.4 Å². The van der Waals surface area contributed by atoms with Crippen LogP contribution in [0.1, 0.15) is 45.5 Å². The molecule has 0 atom stereocenters. The summed E-state index contributed by atoms with van der Waals surface area (Å²) in [5, 5.41) is 13.4. The maximum absolute atomic E-state index is 13.0. The average Bonchev–Trinajstić information content (AvgIpc) is 3.35. The molecular weight excluding hydrogens is 358 g/mol. The van der Waals surface area contributed by atoms with Crippen molar-refractivity contribution in [2.45, 2.75) is 25.8 Å². The van der Waals surface area contributed by atoms with Crippen molar-refractivity contribution in [2.75, 3.05) is 13.1 Å². The second-order valence-corrected chi connectivity index (χ2v) is 6.95. The minimum absolute atomic E-state index is 0.0855. The zero-order chi connectivity index (χ0) is 19.7. The predicted molar refractivity (Wildman–Crippen MR) is 102 cm³/mol. The van der Waals surface area contributed by atoms with Gasteiger partial charge in [-0.25, -0.2) is 4.79 Å². The zero-order valence-electron chi connectivity index (χ0n) is 15.5. The fourth-order valence-electron chi connectivity index (χ4n) is 3.78. The minimum Gasteiger partial charge on any atom is -0.478 e. The second-order valence-electron chi connectivity index (χ2n) is 6.95. The molecule has 3 heterocycles. The first kappa shape index (κ1) is 18.0. The third-order valence-electron chi connectivity index (χ3n) is 5.32. The second kappa shape index (κ2) is 7.34. The van der Waals surface area contributed by atoms with Crippen LogP contribution in [0.5, 0.6) is 0 Å². The van der Waals surface area contributed by atoms with Gasteiger partial charge < -0.3 is 14.4 Å². The summed E-state index contributed by atoms with van der Waals surface area (Å²) in [4.78, 5) is 26.0. The highest BCUT2D eigenvalue weighted by molar-refractivity contribution is 5.98. The van der Waals surface area contributed by atoms with Gasteiger partial charge in [0.2, 0.25) is 0 Å². The van der Waals surface area contributed by atoms with E-state index < -0.39 is 5.97 Å². The Labute approximate surface area is 162 Å². The number of amides is 1. The molecule has 0 bridgehead atoms. The van der Waals surface area contributed by atoms with Crippen molar-refractivity contribution in [3.8, 4) is 11.1 Å². The summed E-state index contributed by atoms with van der Waals surface area (Å²) in [6.45, 7) is 2.91. The Morgan fingerprint density at radius 2 is 1.86 bits per heavy atom. The van der Waals surface area contributed by atoms with Crippen LogP contribution >= 0.6 is 0 Å². The molecule has 1 fully saturated rings. The van der Waals surface area contributed by atoms with Crippen LogP contribution in [-0.2, 0) is 0 Å². The molecule has 1 aliphatic rings. The van der Waals surface area contributed by atoms with Crippen molar-refractivity contribution in [3.63, 3.8) is 0 Å². The van der Waals surface area contributed by atoms with Crippen molar-refractivity contribution in [1.82, 2.24) is 14.7 Å². The van der Waals surface area contributed by atoms with E-state index in [1.165, 1.54) is 6.20 Å². The smallest absolute Gasteiger partial charge is 0.339 e. The Bertz CT molecular complexity index is 998. The van der Waals surface area contributed by atoms with E-state index in [-0.39, 0.29) is 17.5 Å². The molecule has 7 heteroatoms. The number of benzene rings is 1. The summed E-state index contributed by atoms with van der Waals surface area (Å²) in [5.74, 6) is -0.735. The van der Waals surface area contributed by atoms with Gasteiger partial charge in [-0.1, -0.05) is 30.3 Å². The lowest BCUT2D eigenvalue weighted by molar-refractivity contribution is 0.0658. The number of aromatic nitrogens is 2. The number of hydrogen-bond acceptors (Lipinski definition) is 4. The van der Waals surface area contributed by atoms with Gasteiger partial charge in [0.15, 0.2) is 5.76 Å². The van der Waals surface area contributed by atoms with Crippen LogP contribution in [0.2, 0.25) is 0 Å². The summed E-state index contributed by atoms with van der Waals surface area (Å²) in [5.41, 5.74) is 2.61. The molecule has 1 saturated heterocycles. The molecule has 4 rings (SSSR count). The third kappa shape index (κ3) is 3.19. The van der Waals surface area contributed by atoms with E-state index in [2.05, 4.69) is 5.10 Å². The predicted octanol–water partition coefficient (Wildman–Crippen LogP) is 3.63. The molecule has 28 heavy (non-hydrogen) atoms. The summed E-state index contributed by atoms with van der Waals surface area (Å²) >= 11 is 0. The quantitative estimate of drug-likeness (QED) is 0.748. The number of carbonyl (C=O) groups excluding carboxylic acids is 1.